The molecule has 0 bridgehead atoms. The summed E-state index contributed by atoms with van der Waals surface area (Å²) in [6, 6.07) is 22.0. The molecule has 167 valence electrons. The molecule has 0 amide bonds. The van der Waals surface area contributed by atoms with Gasteiger partial charge in [0.15, 0.2) is 5.78 Å². The number of rotatable bonds is 3. The van der Waals surface area contributed by atoms with Crippen LogP contribution in [0.1, 0.15) is 30.5 Å². The van der Waals surface area contributed by atoms with Crippen molar-refractivity contribution in [1.82, 2.24) is 4.98 Å². The van der Waals surface area contributed by atoms with Crippen molar-refractivity contribution in [2.75, 3.05) is 0 Å². The van der Waals surface area contributed by atoms with E-state index in [1.54, 1.807) is 0 Å². The van der Waals surface area contributed by atoms with E-state index in [1.807, 2.05) is 12.1 Å². The SMILES string of the molecule is CC(=O)/C=C(/C)O.Cc1[c-]c(-c2ccc3cc(-c4ccc(C)cc4)oc3n2)cc(C)c1.[Ir]. The molecular weight excluding hydrogens is 579 g/mol. The van der Waals surface area contributed by atoms with Gasteiger partial charge in [0.25, 0.3) is 0 Å². The molecule has 5 heteroatoms. The second-order valence-corrected chi connectivity index (χ2v) is 7.72. The number of pyridine rings is 1. The summed E-state index contributed by atoms with van der Waals surface area (Å²) in [7, 11) is 0. The Kier molecular flexibility index (Phi) is 8.71. The van der Waals surface area contributed by atoms with Crippen LogP contribution >= 0.6 is 0 Å². The van der Waals surface area contributed by atoms with Crippen LogP contribution in [-0.2, 0) is 24.9 Å². The maximum absolute atomic E-state index is 10.0. The fraction of sp³-hybridized carbons (Fsp3) is 0.185. The number of furan rings is 1. The Morgan fingerprint density at radius 3 is 2.22 bits per heavy atom. The monoisotopic (exact) mass is 605 g/mol. The number of fused-ring (bicyclic) bond motifs is 1. The van der Waals surface area contributed by atoms with Crippen molar-refractivity contribution in [2.24, 2.45) is 0 Å². The first kappa shape index (κ1) is 25.3. The Bertz CT molecular complexity index is 1230. The van der Waals surface area contributed by atoms with Crippen LogP contribution in [0.4, 0.5) is 0 Å². The summed E-state index contributed by atoms with van der Waals surface area (Å²) < 4.78 is 5.99. The van der Waals surface area contributed by atoms with Crippen LogP contribution in [0.2, 0.25) is 0 Å². The molecule has 0 unspecified atom stereocenters. The molecule has 0 aliphatic carbocycles. The van der Waals surface area contributed by atoms with Gasteiger partial charge in [-0.25, -0.2) is 0 Å². The molecule has 4 aromatic rings. The number of carbonyl (C=O) groups excluding carboxylic acids is 1. The number of aryl methyl sites for hydroxylation is 3. The summed E-state index contributed by atoms with van der Waals surface area (Å²) in [4.78, 5) is 14.7. The van der Waals surface area contributed by atoms with Gasteiger partial charge in [0.05, 0.1) is 5.76 Å². The van der Waals surface area contributed by atoms with Crippen LogP contribution in [-0.4, -0.2) is 15.9 Å². The standard InChI is InChI=1S/C22H18NO.C5H8O2.Ir/c1-14-4-6-17(7-5-14)21-13-18-8-9-20(23-22(18)24-21)19-11-15(2)10-16(3)12-19;1-4(6)3-5(2)7;/h4-11,13H,1-3H3;3,6H,1-2H3;/q-1;;/b;4-3-;. The molecule has 2 aromatic heterocycles. The third kappa shape index (κ3) is 6.74. The van der Waals surface area contributed by atoms with Crippen LogP contribution in [0.3, 0.4) is 0 Å². The largest absolute Gasteiger partial charge is 0.512 e. The van der Waals surface area contributed by atoms with E-state index in [-0.39, 0.29) is 31.6 Å². The number of aliphatic hydroxyl groups is 1. The van der Waals surface area contributed by atoms with Crippen molar-refractivity contribution in [1.29, 1.82) is 0 Å². The van der Waals surface area contributed by atoms with E-state index in [4.69, 9.17) is 14.5 Å². The summed E-state index contributed by atoms with van der Waals surface area (Å²) in [6.45, 7) is 9.07. The smallest absolute Gasteiger partial charge is 0.217 e. The van der Waals surface area contributed by atoms with Crippen LogP contribution in [0.25, 0.3) is 33.7 Å². The van der Waals surface area contributed by atoms with Crippen molar-refractivity contribution >= 4 is 16.9 Å². The first-order chi connectivity index (χ1) is 14.7. The van der Waals surface area contributed by atoms with Gasteiger partial charge < -0.3 is 9.52 Å². The molecule has 0 atom stereocenters. The summed E-state index contributed by atoms with van der Waals surface area (Å²) in [5, 5.41) is 9.38. The molecule has 0 aliphatic heterocycles. The van der Waals surface area contributed by atoms with E-state index in [0.29, 0.717) is 5.71 Å². The van der Waals surface area contributed by atoms with Gasteiger partial charge >= 0.3 is 0 Å². The summed E-state index contributed by atoms with van der Waals surface area (Å²) in [5.41, 5.74) is 7.19. The molecule has 2 aromatic carbocycles. The van der Waals surface area contributed by atoms with Crippen LogP contribution in [0.15, 0.2) is 70.8 Å². The fourth-order valence-electron chi connectivity index (χ4n) is 3.26. The van der Waals surface area contributed by atoms with Gasteiger partial charge in [-0.15, -0.1) is 34.9 Å². The molecule has 2 heterocycles. The van der Waals surface area contributed by atoms with Crippen LogP contribution in [0.5, 0.6) is 0 Å². The first-order valence-corrected chi connectivity index (χ1v) is 10.1. The minimum Gasteiger partial charge on any atom is -0.512 e. The van der Waals surface area contributed by atoms with E-state index in [2.05, 4.69) is 69.3 Å². The third-order valence-electron chi connectivity index (χ3n) is 4.56. The van der Waals surface area contributed by atoms with Crippen molar-refractivity contribution in [2.45, 2.75) is 34.6 Å². The van der Waals surface area contributed by atoms with Gasteiger partial charge in [-0.05, 0) is 32.5 Å². The maximum atomic E-state index is 10.0. The van der Waals surface area contributed by atoms with Crippen LogP contribution < -0.4 is 0 Å². The molecule has 0 aliphatic rings. The average Bonchev–Trinajstić information content (AvgIpc) is 3.10. The Labute approximate surface area is 202 Å². The van der Waals surface area contributed by atoms with E-state index in [0.717, 1.165) is 33.5 Å². The van der Waals surface area contributed by atoms with Crippen molar-refractivity contribution in [3.63, 3.8) is 0 Å². The Morgan fingerprint density at radius 2 is 1.66 bits per heavy atom. The second-order valence-electron chi connectivity index (χ2n) is 7.72. The molecule has 1 radical (unpaired) electrons. The minimum atomic E-state index is -0.125. The number of benzene rings is 2. The molecular formula is C27H26IrNO3-. The molecule has 0 spiro atoms. The minimum absolute atomic E-state index is 0. The Balaban J connectivity index is 0.000000398. The normalized spacial score (nSPS) is 10.8. The van der Waals surface area contributed by atoms with Crippen molar-refractivity contribution in [3.05, 3.63) is 89.2 Å². The zero-order chi connectivity index (χ0) is 22.5. The Hall–Kier alpha value is -3.01. The second kappa shape index (κ2) is 11.0. The van der Waals surface area contributed by atoms with Gasteiger partial charge in [-0.2, -0.15) is 0 Å². The van der Waals surface area contributed by atoms with Gasteiger partial charge in [0, 0.05) is 37.1 Å². The molecule has 4 rings (SSSR count). The average molecular weight is 605 g/mol. The predicted molar refractivity (Wildman–Crippen MR) is 125 cm³/mol. The number of hydrogen-bond donors (Lipinski definition) is 1. The summed E-state index contributed by atoms with van der Waals surface area (Å²) >= 11 is 0. The Morgan fingerprint density at radius 1 is 0.969 bits per heavy atom. The van der Waals surface area contributed by atoms with Gasteiger partial charge in [0.1, 0.15) is 5.76 Å². The van der Waals surface area contributed by atoms with E-state index >= 15 is 0 Å². The number of allylic oxidation sites excluding steroid dienone is 2. The number of carbonyl (C=O) groups is 1. The molecule has 4 nitrogen and oxygen atoms in total. The first-order valence-electron chi connectivity index (χ1n) is 10.1. The van der Waals surface area contributed by atoms with Gasteiger partial charge in [0.2, 0.25) is 5.71 Å². The zero-order valence-electron chi connectivity index (χ0n) is 18.8. The van der Waals surface area contributed by atoms with Crippen molar-refractivity contribution in [3.8, 4) is 22.6 Å². The van der Waals surface area contributed by atoms with E-state index < -0.39 is 0 Å². The molecule has 0 saturated heterocycles. The topological polar surface area (TPSA) is 63.3 Å². The van der Waals surface area contributed by atoms with E-state index in [9.17, 15) is 4.79 Å². The maximum Gasteiger partial charge on any atom is 0.217 e. The molecule has 1 N–H and O–H groups in total. The fourth-order valence-corrected chi connectivity index (χ4v) is 3.26. The number of hydrogen-bond acceptors (Lipinski definition) is 4. The van der Waals surface area contributed by atoms with E-state index in [1.165, 1.54) is 31.1 Å². The number of nitrogens with zero attached hydrogens (tertiary/aromatic N) is 1. The van der Waals surface area contributed by atoms with Crippen molar-refractivity contribution < 1.29 is 34.4 Å². The summed E-state index contributed by atoms with van der Waals surface area (Å²) in [5.74, 6) is 0.784. The number of aromatic nitrogens is 1. The molecule has 0 fully saturated rings. The summed E-state index contributed by atoms with van der Waals surface area (Å²) in [6.07, 6.45) is 1.17. The van der Waals surface area contributed by atoms with Gasteiger partial charge in [-0.1, -0.05) is 55.8 Å². The number of ketones is 1. The van der Waals surface area contributed by atoms with Gasteiger partial charge in [-0.3, -0.25) is 9.78 Å². The van der Waals surface area contributed by atoms with Crippen LogP contribution in [0, 0.1) is 26.8 Å². The molecule has 0 saturated carbocycles. The predicted octanol–water partition coefficient (Wildman–Crippen LogP) is 6.92. The number of aliphatic hydroxyl groups excluding tert-OH is 1. The third-order valence-corrected chi connectivity index (χ3v) is 4.56. The quantitative estimate of drug-likeness (QED) is 0.157. The zero-order valence-corrected chi connectivity index (χ0v) is 21.2. The molecule has 32 heavy (non-hydrogen) atoms.